The molecular weight excluding hydrogens is 262 g/mol. The lowest BCUT2D eigenvalue weighted by atomic mass is 10.1. The highest BCUT2D eigenvalue weighted by Crippen LogP contribution is 2.17. The Kier molecular flexibility index (Phi) is 3.71. The molecule has 0 radical (unpaired) electrons. The van der Waals surface area contributed by atoms with Crippen molar-refractivity contribution in [3.05, 3.63) is 52.2 Å². The highest BCUT2D eigenvalue weighted by Gasteiger charge is 2.09. The smallest absolute Gasteiger partial charge is 0.255 e. The van der Waals surface area contributed by atoms with Gasteiger partial charge >= 0.3 is 0 Å². The van der Waals surface area contributed by atoms with Gasteiger partial charge in [-0.25, -0.2) is 4.98 Å². The summed E-state index contributed by atoms with van der Waals surface area (Å²) >= 11 is 5.77. The molecule has 0 atom stereocenters. The number of amides is 1. The van der Waals surface area contributed by atoms with E-state index in [9.17, 15) is 4.79 Å². The molecule has 0 aliphatic carbocycles. The molecule has 2 aromatic rings. The minimum Gasteiger partial charge on any atom is -0.384 e. The maximum Gasteiger partial charge on any atom is 0.255 e. The molecule has 0 spiro atoms. The van der Waals surface area contributed by atoms with Gasteiger partial charge in [0.2, 0.25) is 0 Å². The minimum absolute atomic E-state index is 0.199. The van der Waals surface area contributed by atoms with E-state index in [4.69, 9.17) is 17.3 Å². The van der Waals surface area contributed by atoms with E-state index >= 15 is 0 Å². The molecule has 0 bridgehead atoms. The molecular formula is C14H14ClN3O. The van der Waals surface area contributed by atoms with E-state index in [2.05, 4.69) is 10.3 Å². The van der Waals surface area contributed by atoms with Crippen molar-refractivity contribution in [3.8, 4) is 0 Å². The Morgan fingerprint density at radius 2 is 1.95 bits per heavy atom. The molecule has 98 valence electrons. The van der Waals surface area contributed by atoms with Gasteiger partial charge in [-0.2, -0.15) is 0 Å². The van der Waals surface area contributed by atoms with Gasteiger partial charge in [0.15, 0.2) is 0 Å². The Hall–Kier alpha value is -2.07. The van der Waals surface area contributed by atoms with Crippen molar-refractivity contribution in [1.29, 1.82) is 0 Å². The Morgan fingerprint density at radius 3 is 2.58 bits per heavy atom. The van der Waals surface area contributed by atoms with Crippen LogP contribution in [0, 0.1) is 13.8 Å². The lowest BCUT2D eigenvalue weighted by Gasteiger charge is -2.08. The van der Waals surface area contributed by atoms with Crippen molar-refractivity contribution < 1.29 is 4.79 Å². The molecule has 0 aliphatic heterocycles. The van der Waals surface area contributed by atoms with E-state index in [1.54, 1.807) is 0 Å². The lowest BCUT2D eigenvalue weighted by Crippen LogP contribution is -2.13. The van der Waals surface area contributed by atoms with Gasteiger partial charge in [0.1, 0.15) is 11.0 Å². The Bertz CT molecular complexity index is 620. The van der Waals surface area contributed by atoms with Crippen LogP contribution in [0.4, 0.5) is 11.5 Å². The Labute approximate surface area is 116 Å². The summed E-state index contributed by atoms with van der Waals surface area (Å²) in [6.45, 7) is 4.01. The number of nitrogens with zero attached hydrogens (tertiary/aromatic N) is 1. The average molecular weight is 276 g/mol. The monoisotopic (exact) mass is 275 g/mol. The highest BCUT2D eigenvalue weighted by molar-refractivity contribution is 6.30. The number of carbonyl (C=O) groups excluding carboxylic acids is 1. The topological polar surface area (TPSA) is 68.0 Å². The molecule has 0 fully saturated rings. The van der Waals surface area contributed by atoms with E-state index in [1.165, 1.54) is 17.7 Å². The number of benzene rings is 1. The average Bonchev–Trinajstić information content (AvgIpc) is 2.32. The number of halogens is 1. The summed E-state index contributed by atoms with van der Waals surface area (Å²) in [4.78, 5) is 15.9. The summed E-state index contributed by atoms with van der Waals surface area (Å²) in [6.07, 6.45) is 0. The number of carbonyl (C=O) groups is 1. The van der Waals surface area contributed by atoms with Crippen molar-refractivity contribution in [3.63, 3.8) is 0 Å². The van der Waals surface area contributed by atoms with Gasteiger partial charge in [-0.3, -0.25) is 4.79 Å². The number of pyridine rings is 1. The molecule has 19 heavy (non-hydrogen) atoms. The van der Waals surface area contributed by atoms with Crippen LogP contribution in [-0.4, -0.2) is 10.9 Å². The third-order valence-corrected chi connectivity index (χ3v) is 3.03. The van der Waals surface area contributed by atoms with Crippen molar-refractivity contribution in [2.24, 2.45) is 0 Å². The number of aromatic nitrogens is 1. The number of nitrogen functional groups attached to an aromatic ring is 1. The number of hydrogen-bond donors (Lipinski definition) is 2. The summed E-state index contributed by atoms with van der Waals surface area (Å²) in [5.41, 5.74) is 8.97. The number of hydrogen-bond acceptors (Lipinski definition) is 3. The van der Waals surface area contributed by atoms with Crippen molar-refractivity contribution >= 4 is 29.0 Å². The zero-order valence-electron chi connectivity index (χ0n) is 10.7. The fourth-order valence-corrected chi connectivity index (χ4v) is 1.89. The number of anilines is 2. The van der Waals surface area contributed by atoms with Crippen LogP contribution >= 0.6 is 11.6 Å². The van der Waals surface area contributed by atoms with E-state index in [0.717, 1.165) is 11.3 Å². The second kappa shape index (κ2) is 5.28. The van der Waals surface area contributed by atoms with Gasteiger partial charge in [-0.05, 0) is 49.2 Å². The van der Waals surface area contributed by atoms with Crippen LogP contribution in [0.25, 0.3) is 0 Å². The number of nitrogens with one attached hydrogen (secondary N) is 1. The Balaban J connectivity index is 2.22. The minimum atomic E-state index is -0.265. The number of rotatable bonds is 2. The third kappa shape index (κ3) is 3.23. The lowest BCUT2D eigenvalue weighted by molar-refractivity contribution is 0.102. The molecule has 2 rings (SSSR count). The normalized spacial score (nSPS) is 10.3. The van der Waals surface area contributed by atoms with Gasteiger partial charge in [-0.1, -0.05) is 17.7 Å². The third-order valence-electron chi connectivity index (χ3n) is 2.84. The first-order chi connectivity index (χ1) is 8.95. The van der Waals surface area contributed by atoms with Gasteiger partial charge in [0, 0.05) is 11.3 Å². The SMILES string of the molecule is Cc1ccc(NC(=O)c2cc(N)nc(Cl)c2)cc1C. The van der Waals surface area contributed by atoms with Crippen LogP contribution < -0.4 is 11.1 Å². The summed E-state index contributed by atoms with van der Waals surface area (Å²) in [5.74, 6) is -0.0445. The van der Waals surface area contributed by atoms with Crippen LogP contribution in [0.5, 0.6) is 0 Å². The fraction of sp³-hybridized carbons (Fsp3) is 0.143. The first-order valence-electron chi connectivity index (χ1n) is 5.77. The molecule has 1 aromatic heterocycles. The van der Waals surface area contributed by atoms with E-state index in [1.807, 2.05) is 32.0 Å². The predicted octanol–water partition coefficient (Wildman–Crippen LogP) is 3.19. The van der Waals surface area contributed by atoms with E-state index < -0.39 is 0 Å². The molecule has 4 nitrogen and oxygen atoms in total. The standard InChI is InChI=1S/C14H14ClN3O/c1-8-3-4-11(5-9(8)2)17-14(19)10-6-12(15)18-13(16)7-10/h3-7H,1-2H3,(H2,16,18)(H,17,19). The zero-order valence-corrected chi connectivity index (χ0v) is 11.5. The largest absolute Gasteiger partial charge is 0.384 e. The van der Waals surface area contributed by atoms with Crippen LogP contribution in [-0.2, 0) is 0 Å². The van der Waals surface area contributed by atoms with Crippen molar-refractivity contribution in [2.75, 3.05) is 11.1 Å². The molecule has 0 saturated carbocycles. The molecule has 0 aliphatic rings. The van der Waals surface area contributed by atoms with Crippen LogP contribution in [0.15, 0.2) is 30.3 Å². The second-order valence-corrected chi connectivity index (χ2v) is 4.74. The van der Waals surface area contributed by atoms with E-state index in [0.29, 0.717) is 5.56 Å². The molecule has 1 aromatic carbocycles. The molecule has 1 amide bonds. The molecule has 5 heteroatoms. The van der Waals surface area contributed by atoms with Gasteiger partial charge in [-0.15, -0.1) is 0 Å². The summed E-state index contributed by atoms with van der Waals surface area (Å²) in [7, 11) is 0. The van der Waals surface area contributed by atoms with Crippen LogP contribution in [0.2, 0.25) is 5.15 Å². The van der Waals surface area contributed by atoms with Crippen molar-refractivity contribution in [1.82, 2.24) is 4.98 Å². The maximum atomic E-state index is 12.1. The Morgan fingerprint density at radius 1 is 1.21 bits per heavy atom. The molecule has 0 saturated heterocycles. The molecule has 0 unspecified atom stereocenters. The van der Waals surface area contributed by atoms with Crippen LogP contribution in [0.1, 0.15) is 21.5 Å². The summed E-state index contributed by atoms with van der Waals surface area (Å²) < 4.78 is 0. The molecule has 3 N–H and O–H groups in total. The maximum absolute atomic E-state index is 12.1. The summed E-state index contributed by atoms with van der Waals surface area (Å²) in [6, 6.07) is 8.70. The number of aryl methyl sites for hydroxylation is 2. The zero-order chi connectivity index (χ0) is 14.0. The summed E-state index contributed by atoms with van der Waals surface area (Å²) in [5, 5.41) is 3.00. The quantitative estimate of drug-likeness (QED) is 0.827. The first kappa shape index (κ1) is 13.4. The van der Waals surface area contributed by atoms with Crippen LogP contribution in [0.3, 0.4) is 0 Å². The number of nitrogens with two attached hydrogens (primary N) is 1. The second-order valence-electron chi connectivity index (χ2n) is 4.36. The van der Waals surface area contributed by atoms with Gasteiger partial charge < -0.3 is 11.1 Å². The van der Waals surface area contributed by atoms with E-state index in [-0.39, 0.29) is 16.9 Å². The van der Waals surface area contributed by atoms with Crippen molar-refractivity contribution in [2.45, 2.75) is 13.8 Å². The van der Waals surface area contributed by atoms with Gasteiger partial charge in [0.25, 0.3) is 5.91 Å². The fourth-order valence-electron chi connectivity index (χ4n) is 1.67. The predicted molar refractivity (Wildman–Crippen MR) is 77.5 cm³/mol. The molecule has 1 heterocycles. The van der Waals surface area contributed by atoms with Gasteiger partial charge in [0.05, 0.1) is 0 Å². The first-order valence-corrected chi connectivity index (χ1v) is 6.15. The highest BCUT2D eigenvalue weighted by atomic mass is 35.5.